The summed E-state index contributed by atoms with van der Waals surface area (Å²) in [4.78, 5) is 11.8. The van der Waals surface area contributed by atoms with Crippen molar-refractivity contribution in [3.8, 4) is 5.75 Å². The van der Waals surface area contributed by atoms with Crippen LogP contribution in [0.5, 0.6) is 5.75 Å². The van der Waals surface area contributed by atoms with Crippen LogP contribution in [-0.4, -0.2) is 67.4 Å². The summed E-state index contributed by atoms with van der Waals surface area (Å²) in [7, 11) is 1.86. The molecule has 0 radical (unpaired) electrons. The van der Waals surface area contributed by atoms with Gasteiger partial charge in [0.1, 0.15) is 18.2 Å². The van der Waals surface area contributed by atoms with E-state index in [1.54, 1.807) is 0 Å². The zero-order valence-corrected chi connectivity index (χ0v) is 20.6. The van der Waals surface area contributed by atoms with Gasteiger partial charge in [-0.3, -0.25) is 4.90 Å². The highest BCUT2D eigenvalue weighted by Gasteiger charge is 2.16. The second-order valence-corrected chi connectivity index (χ2v) is 8.31. The van der Waals surface area contributed by atoms with E-state index >= 15 is 0 Å². The van der Waals surface area contributed by atoms with E-state index < -0.39 is 0 Å². The monoisotopic (exact) mass is 485 g/mol. The molecule has 1 saturated carbocycles. The van der Waals surface area contributed by atoms with Crippen LogP contribution in [0.1, 0.15) is 44.9 Å². The van der Waals surface area contributed by atoms with Crippen molar-refractivity contribution >= 4 is 47.5 Å². The summed E-state index contributed by atoms with van der Waals surface area (Å²) < 4.78 is 11.5. The first-order chi connectivity index (χ1) is 14.8. The Kier molecular flexibility index (Phi) is 11.6. The molecule has 1 aromatic heterocycles. The van der Waals surface area contributed by atoms with Gasteiger partial charge in [0.05, 0.1) is 18.7 Å². The third-order valence-electron chi connectivity index (χ3n) is 6.12. The largest absolute Gasteiger partial charge is 0.492 e. The Labute approximate surface area is 203 Å². The van der Waals surface area contributed by atoms with Gasteiger partial charge in [-0.1, -0.05) is 32.1 Å². The van der Waals surface area contributed by atoms with E-state index in [4.69, 9.17) is 14.5 Å². The molecule has 0 amide bonds. The lowest BCUT2D eigenvalue weighted by Crippen LogP contribution is -2.38. The predicted octanol–water partition coefficient (Wildman–Crippen LogP) is 4.75. The molecule has 7 nitrogen and oxygen atoms in total. The topological polar surface area (TPSA) is 71.5 Å². The van der Waals surface area contributed by atoms with Crippen LogP contribution in [0.3, 0.4) is 0 Å². The van der Waals surface area contributed by atoms with Gasteiger partial charge in [-0.05, 0) is 31.0 Å². The van der Waals surface area contributed by atoms with Gasteiger partial charge in [0.2, 0.25) is 5.95 Å². The van der Waals surface area contributed by atoms with Crippen molar-refractivity contribution < 1.29 is 9.47 Å². The minimum Gasteiger partial charge on any atom is -0.492 e. The molecule has 0 unspecified atom stereocenters. The van der Waals surface area contributed by atoms with Crippen molar-refractivity contribution in [1.29, 1.82) is 0 Å². The first-order valence-corrected chi connectivity index (χ1v) is 11.5. The Hall–Kier alpha value is -1.54. The van der Waals surface area contributed by atoms with Gasteiger partial charge in [0.15, 0.2) is 0 Å². The van der Waals surface area contributed by atoms with Gasteiger partial charge in [-0.25, -0.2) is 4.98 Å². The van der Waals surface area contributed by atoms with E-state index in [9.17, 15) is 0 Å². The molecule has 4 rings (SSSR count). The van der Waals surface area contributed by atoms with Crippen LogP contribution in [0, 0.1) is 0 Å². The Bertz CT molecular complexity index is 812. The fourth-order valence-corrected chi connectivity index (χ4v) is 4.33. The summed E-state index contributed by atoms with van der Waals surface area (Å²) in [6.45, 7) is 5.19. The first-order valence-electron chi connectivity index (χ1n) is 11.5. The molecule has 2 fully saturated rings. The van der Waals surface area contributed by atoms with Gasteiger partial charge < -0.3 is 20.1 Å². The van der Waals surface area contributed by atoms with Crippen LogP contribution in [-0.2, 0) is 4.74 Å². The summed E-state index contributed by atoms with van der Waals surface area (Å²) in [6, 6.07) is 6.59. The Morgan fingerprint density at radius 2 is 1.75 bits per heavy atom. The van der Waals surface area contributed by atoms with Gasteiger partial charge in [0, 0.05) is 38.1 Å². The SMILES string of the molecule is CNc1nc(NC2CCCCCCC2)c2cc(OCCN3CCOCC3)ccc2n1.Cl.Cl. The van der Waals surface area contributed by atoms with Crippen molar-refractivity contribution in [2.45, 2.75) is 51.0 Å². The van der Waals surface area contributed by atoms with Gasteiger partial charge in [0.25, 0.3) is 0 Å². The second-order valence-electron chi connectivity index (χ2n) is 8.31. The Morgan fingerprint density at radius 3 is 2.47 bits per heavy atom. The van der Waals surface area contributed by atoms with Crippen molar-refractivity contribution in [3.05, 3.63) is 18.2 Å². The lowest BCUT2D eigenvalue weighted by Gasteiger charge is -2.26. The quantitative estimate of drug-likeness (QED) is 0.585. The molecular weight excluding hydrogens is 449 g/mol. The predicted molar refractivity (Wildman–Crippen MR) is 136 cm³/mol. The Balaban J connectivity index is 0.00000181. The average molecular weight is 486 g/mol. The molecule has 32 heavy (non-hydrogen) atoms. The number of halogens is 2. The lowest BCUT2D eigenvalue weighted by molar-refractivity contribution is 0.0322. The Morgan fingerprint density at radius 1 is 1.03 bits per heavy atom. The summed E-state index contributed by atoms with van der Waals surface area (Å²) in [6.07, 6.45) is 9.03. The van der Waals surface area contributed by atoms with Gasteiger partial charge in [-0.2, -0.15) is 4.98 Å². The van der Waals surface area contributed by atoms with E-state index in [-0.39, 0.29) is 24.8 Å². The molecule has 2 N–H and O–H groups in total. The second kappa shape index (κ2) is 13.9. The third-order valence-corrected chi connectivity index (χ3v) is 6.12. The number of nitrogens with one attached hydrogen (secondary N) is 2. The minimum absolute atomic E-state index is 0. The van der Waals surface area contributed by atoms with Crippen molar-refractivity contribution in [2.75, 3.05) is 57.1 Å². The molecule has 2 aromatic rings. The maximum atomic E-state index is 6.07. The molecule has 0 spiro atoms. The van der Waals surface area contributed by atoms with Crippen LogP contribution in [0.4, 0.5) is 11.8 Å². The number of morpholine rings is 1. The zero-order valence-electron chi connectivity index (χ0n) is 19.0. The molecule has 180 valence electrons. The summed E-state index contributed by atoms with van der Waals surface area (Å²) >= 11 is 0. The highest BCUT2D eigenvalue weighted by molar-refractivity contribution is 5.91. The molecule has 2 aliphatic rings. The number of benzene rings is 1. The molecular formula is C23H37Cl2N5O2. The number of aromatic nitrogens is 2. The molecule has 1 aliphatic carbocycles. The number of nitrogens with zero attached hydrogens (tertiary/aromatic N) is 3. The highest BCUT2D eigenvalue weighted by atomic mass is 35.5. The standard InChI is InChI=1S/C23H35N5O2.2ClH/c1-24-23-26-21-10-9-19(30-16-13-28-11-14-29-15-12-28)17-20(21)22(27-23)25-18-7-5-3-2-4-6-8-18;;/h9-10,17-18H,2-8,11-16H2,1H3,(H2,24,25,26,27);2*1H. The van der Waals surface area contributed by atoms with Crippen LogP contribution >= 0.6 is 24.8 Å². The summed E-state index contributed by atoms with van der Waals surface area (Å²) in [5, 5.41) is 7.86. The molecule has 1 aromatic carbocycles. The number of hydrogen-bond donors (Lipinski definition) is 2. The van der Waals surface area contributed by atoms with Crippen molar-refractivity contribution in [2.24, 2.45) is 0 Å². The van der Waals surface area contributed by atoms with Gasteiger partial charge in [-0.15, -0.1) is 24.8 Å². The molecule has 2 heterocycles. The summed E-state index contributed by atoms with van der Waals surface area (Å²) in [5.74, 6) is 2.43. The fourth-order valence-electron chi connectivity index (χ4n) is 4.33. The fraction of sp³-hybridized carbons (Fsp3) is 0.652. The smallest absolute Gasteiger partial charge is 0.224 e. The first kappa shape index (κ1) is 26.7. The normalized spacial score (nSPS) is 18.0. The molecule has 1 saturated heterocycles. The van der Waals surface area contributed by atoms with Crippen LogP contribution < -0.4 is 15.4 Å². The number of fused-ring (bicyclic) bond motifs is 1. The number of ether oxygens (including phenoxy) is 2. The third kappa shape index (κ3) is 7.51. The van der Waals surface area contributed by atoms with E-state index in [0.29, 0.717) is 18.6 Å². The van der Waals surface area contributed by atoms with E-state index in [0.717, 1.165) is 55.3 Å². The van der Waals surface area contributed by atoms with E-state index in [1.807, 2.05) is 19.2 Å². The van der Waals surface area contributed by atoms with Crippen molar-refractivity contribution in [1.82, 2.24) is 14.9 Å². The van der Waals surface area contributed by atoms with Crippen LogP contribution in [0.15, 0.2) is 18.2 Å². The highest BCUT2D eigenvalue weighted by Crippen LogP contribution is 2.29. The molecule has 0 atom stereocenters. The van der Waals surface area contributed by atoms with Gasteiger partial charge >= 0.3 is 0 Å². The number of rotatable bonds is 7. The molecule has 9 heteroatoms. The average Bonchev–Trinajstić information content (AvgIpc) is 2.76. The maximum Gasteiger partial charge on any atom is 0.224 e. The molecule has 0 bridgehead atoms. The zero-order chi connectivity index (χ0) is 20.6. The number of hydrogen-bond acceptors (Lipinski definition) is 7. The maximum absolute atomic E-state index is 6.07. The summed E-state index contributed by atoms with van der Waals surface area (Å²) in [5.41, 5.74) is 0.934. The van der Waals surface area contributed by atoms with Crippen LogP contribution in [0.2, 0.25) is 0 Å². The molecule has 1 aliphatic heterocycles. The van der Waals surface area contributed by atoms with Crippen molar-refractivity contribution in [3.63, 3.8) is 0 Å². The van der Waals surface area contributed by atoms with E-state index in [2.05, 4.69) is 26.6 Å². The lowest BCUT2D eigenvalue weighted by atomic mass is 9.96. The minimum atomic E-state index is 0. The number of anilines is 2. The van der Waals surface area contributed by atoms with E-state index in [1.165, 1.54) is 44.9 Å². The van der Waals surface area contributed by atoms with Crippen LogP contribution in [0.25, 0.3) is 10.9 Å².